The van der Waals surface area contributed by atoms with E-state index in [4.69, 9.17) is 11.5 Å². The smallest absolute Gasteiger partial charge is 0.220 e. The third-order valence-corrected chi connectivity index (χ3v) is 1.77. The highest BCUT2D eigenvalue weighted by Gasteiger charge is 2.08. The molecule has 0 aliphatic rings. The predicted molar refractivity (Wildman–Crippen MR) is 54.3 cm³/mol. The zero-order chi connectivity index (χ0) is 11.0. The molecule has 0 aliphatic carbocycles. The standard InChI is InChI=1S/C9H19N3O2/c1-7(6-8(11)13)12-9(14)4-2-3-5-10/h7H,2-6,10H2,1H3,(H2,11,13)(H,12,14). The van der Waals surface area contributed by atoms with Crippen molar-refractivity contribution in [3.63, 3.8) is 0 Å². The van der Waals surface area contributed by atoms with Crippen LogP contribution in [0.4, 0.5) is 0 Å². The van der Waals surface area contributed by atoms with Gasteiger partial charge in [0.2, 0.25) is 11.8 Å². The molecule has 0 fully saturated rings. The third kappa shape index (κ3) is 7.54. The molecule has 14 heavy (non-hydrogen) atoms. The van der Waals surface area contributed by atoms with Crippen LogP contribution in [0.25, 0.3) is 0 Å². The summed E-state index contributed by atoms with van der Waals surface area (Å²) in [7, 11) is 0. The van der Waals surface area contributed by atoms with Crippen LogP contribution in [0.2, 0.25) is 0 Å². The average Bonchev–Trinajstić information content (AvgIpc) is 2.02. The minimum atomic E-state index is -0.403. The Morgan fingerprint density at radius 2 is 2.00 bits per heavy atom. The minimum Gasteiger partial charge on any atom is -0.370 e. The van der Waals surface area contributed by atoms with E-state index in [1.165, 1.54) is 0 Å². The SMILES string of the molecule is CC(CC(N)=O)NC(=O)CCCCN. The van der Waals surface area contributed by atoms with E-state index >= 15 is 0 Å². The lowest BCUT2D eigenvalue weighted by Crippen LogP contribution is -2.35. The zero-order valence-corrected chi connectivity index (χ0v) is 8.58. The van der Waals surface area contributed by atoms with Gasteiger partial charge in [-0.1, -0.05) is 0 Å². The van der Waals surface area contributed by atoms with Crippen LogP contribution in [-0.4, -0.2) is 24.4 Å². The molecule has 0 aliphatic heterocycles. The van der Waals surface area contributed by atoms with Gasteiger partial charge in [-0.05, 0) is 26.3 Å². The highest BCUT2D eigenvalue weighted by atomic mass is 16.2. The number of primary amides is 1. The second-order valence-electron chi connectivity index (χ2n) is 3.38. The van der Waals surface area contributed by atoms with Crippen LogP contribution in [0.1, 0.15) is 32.6 Å². The maximum absolute atomic E-state index is 11.2. The number of carbonyl (C=O) groups is 2. The van der Waals surface area contributed by atoms with Gasteiger partial charge in [0.1, 0.15) is 0 Å². The molecular weight excluding hydrogens is 182 g/mol. The van der Waals surface area contributed by atoms with Crippen LogP contribution in [0.3, 0.4) is 0 Å². The molecule has 2 amide bonds. The van der Waals surface area contributed by atoms with Crippen LogP contribution in [0.15, 0.2) is 0 Å². The number of carbonyl (C=O) groups excluding carboxylic acids is 2. The summed E-state index contributed by atoms with van der Waals surface area (Å²) in [5.74, 6) is -0.452. The van der Waals surface area contributed by atoms with Crippen molar-refractivity contribution in [2.75, 3.05) is 6.54 Å². The maximum Gasteiger partial charge on any atom is 0.220 e. The normalized spacial score (nSPS) is 12.1. The molecule has 0 bridgehead atoms. The second-order valence-corrected chi connectivity index (χ2v) is 3.38. The minimum absolute atomic E-state index is 0.0489. The molecule has 0 aromatic rings. The molecule has 5 N–H and O–H groups in total. The fourth-order valence-electron chi connectivity index (χ4n) is 1.13. The Kier molecular flexibility index (Phi) is 6.74. The topological polar surface area (TPSA) is 98.2 Å². The fraction of sp³-hybridized carbons (Fsp3) is 0.778. The lowest BCUT2D eigenvalue weighted by Gasteiger charge is -2.11. The number of hydrogen-bond acceptors (Lipinski definition) is 3. The van der Waals surface area contributed by atoms with E-state index in [-0.39, 0.29) is 18.4 Å². The Labute approximate surface area is 84.2 Å². The van der Waals surface area contributed by atoms with E-state index in [0.29, 0.717) is 13.0 Å². The summed E-state index contributed by atoms with van der Waals surface area (Å²) >= 11 is 0. The fourth-order valence-corrected chi connectivity index (χ4v) is 1.13. The van der Waals surface area contributed by atoms with Gasteiger partial charge < -0.3 is 16.8 Å². The van der Waals surface area contributed by atoms with Crippen LogP contribution < -0.4 is 16.8 Å². The number of hydrogen-bond donors (Lipinski definition) is 3. The molecule has 0 aromatic heterocycles. The van der Waals surface area contributed by atoms with Gasteiger partial charge in [-0.25, -0.2) is 0 Å². The van der Waals surface area contributed by atoms with Crippen molar-refractivity contribution in [2.24, 2.45) is 11.5 Å². The number of nitrogens with one attached hydrogen (secondary N) is 1. The lowest BCUT2D eigenvalue weighted by molar-refractivity contribution is -0.122. The van der Waals surface area contributed by atoms with Crippen LogP contribution >= 0.6 is 0 Å². The molecule has 5 nitrogen and oxygen atoms in total. The van der Waals surface area contributed by atoms with E-state index in [0.717, 1.165) is 12.8 Å². The lowest BCUT2D eigenvalue weighted by atomic mass is 10.2. The first-order chi connectivity index (χ1) is 6.56. The molecule has 1 unspecified atom stereocenters. The van der Waals surface area contributed by atoms with Gasteiger partial charge in [-0.3, -0.25) is 9.59 Å². The first kappa shape index (κ1) is 12.9. The number of amides is 2. The first-order valence-electron chi connectivity index (χ1n) is 4.84. The highest BCUT2D eigenvalue weighted by Crippen LogP contribution is 1.95. The molecule has 0 rings (SSSR count). The summed E-state index contributed by atoms with van der Waals surface area (Å²) in [6.07, 6.45) is 2.27. The summed E-state index contributed by atoms with van der Waals surface area (Å²) in [6.45, 7) is 2.36. The summed E-state index contributed by atoms with van der Waals surface area (Å²) < 4.78 is 0. The van der Waals surface area contributed by atoms with Gasteiger partial charge in [-0.15, -0.1) is 0 Å². The van der Waals surface area contributed by atoms with E-state index in [1.807, 2.05) is 0 Å². The Morgan fingerprint density at radius 3 is 2.50 bits per heavy atom. The van der Waals surface area contributed by atoms with Gasteiger partial charge in [0, 0.05) is 18.9 Å². The molecular formula is C9H19N3O2. The van der Waals surface area contributed by atoms with E-state index in [9.17, 15) is 9.59 Å². The van der Waals surface area contributed by atoms with Crippen LogP contribution in [-0.2, 0) is 9.59 Å². The molecule has 0 heterocycles. The molecule has 0 saturated carbocycles. The summed E-state index contributed by atoms with van der Waals surface area (Å²) in [4.78, 5) is 21.7. The van der Waals surface area contributed by atoms with Crippen LogP contribution in [0, 0.1) is 0 Å². The van der Waals surface area contributed by atoms with Gasteiger partial charge in [0.05, 0.1) is 0 Å². The molecule has 0 aromatic carbocycles. The predicted octanol–water partition coefficient (Wildman–Crippen LogP) is -0.504. The Bertz CT molecular complexity index is 194. The Balaban J connectivity index is 3.55. The van der Waals surface area contributed by atoms with Crippen molar-refractivity contribution < 1.29 is 9.59 Å². The highest BCUT2D eigenvalue weighted by molar-refractivity contribution is 5.78. The molecule has 5 heteroatoms. The maximum atomic E-state index is 11.2. The Morgan fingerprint density at radius 1 is 1.36 bits per heavy atom. The van der Waals surface area contributed by atoms with Crippen molar-refractivity contribution in [3.05, 3.63) is 0 Å². The first-order valence-corrected chi connectivity index (χ1v) is 4.84. The Hall–Kier alpha value is -1.10. The van der Waals surface area contributed by atoms with Gasteiger partial charge >= 0.3 is 0 Å². The quantitative estimate of drug-likeness (QED) is 0.484. The van der Waals surface area contributed by atoms with Crippen LogP contribution in [0.5, 0.6) is 0 Å². The average molecular weight is 201 g/mol. The number of nitrogens with two attached hydrogens (primary N) is 2. The van der Waals surface area contributed by atoms with Crippen molar-refractivity contribution in [1.82, 2.24) is 5.32 Å². The van der Waals surface area contributed by atoms with Crippen molar-refractivity contribution >= 4 is 11.8 Å². The van der Waals surface area contributed by atoms with Gasteiger partial charge in [-0.2, -0.15) is 0 Å². The summed E-state index contributed by atoms with van der Waals surface area (Å²) in [5, 5.41) is 2.69. The number of unbranched alkanes of at least 4 members (excludes halogenated alkanes) is 1. The molecule has 0 radical (unpaired) electrons. The zero-order valence-electron chi connectivity index (χ0n) is 8.58. The molecule has 0 spiro atoms. The van der Waals surface area contributed by atoms with Crippen molar-refractivity contribution in [2.45, 2.75) is 38.6 Å². The second kappa shape index (κ2) is 7.32. The summed E-state index contributed by atoms with van der Waals surface area (Å²) in [6, 6.07) is -0.183. The monoisotopic (exact) mass is 201 g/mol. The third-order valence-electron chi connectivity index (χ3n) is 1.77. The van der Waals surface area contributed by atoms with E-state index in [2.05, 4.69) is 5.32 Å². The molecule has 0 saturated heterocycles. The largest absolute Gasteiger partial charge is 0.370 e. The van der Waals surface area contributed by atoms with E-state index in [1.54, 1.807) is 6.92 Å². The van der Waals surface area contributed by atoms with E-state index < -0.39 is 5.91 Å². The molecule has 1 atom stereocenters. The van der Waals surface area contributed by atoms with Gasteiger partial charge in [0.15, 0.2) is 0 Å². The van der Waals surface area contributed by atoms with Crippen molar-refractivity contribution in [3.8, 4) is 0 Å². The molecule has 82 valence electrons. The number of rotatable bonds is 7. The van der Waals surface area contributed by atoms with Crippen molar-refractivity contribution in [1.29, 1.82) is 0 Å². The van der Waals surface area contributed by atoms with Gasteiger partial charge in [0.25, 0.3) is 0 Å². The summed E-state index contributed by atoms with van der Waals surface area (Å²) in [5.41, 5.74) is 10.3.